The number of carbonyl (C=O) groups excluding carboxylic acids is 2. The second kappa shape index (κ2) is 9.65. The SMILES string of the molecule is Cc1ccccc1C(=O)NC(CC(C)C)C(=O)Nc1ccc(-n2cnc3ccccc32)nc1. The van der Waals surface area contributed by atoms with E-state index >= 15 is 0 Å². The Labute approximate surface area is 192 Å². The third-order valence-electron chi connectivity index (χ3n) is 5.43. The highest BCUT2D eigenvalue weighted by atomic mass is 16.2. The molecule has 0 aliphatic carbocycles. The zero-order chi connectivity index (χ0) is 23.4. The first kappa shape index (κ1) is 22.2. The number of anilines is 1. The van der Waals surface area contributed by atoms with Crippen molar-refractivity contribution >= 4 is 28.5 Å². The standard InChI is InChI=1S/C26H27N5O2/c1-17(2)14-22(30-25(32)20-9-5-4-8-18(20)3)26(33)29-19-12-13-24(27-15-19)31-16-28-21-10-6-7-11-23(21)31/h4-13,15-17,22H,14H2,1-3H3,(H,29,33)(H,30,32). The van der Waals surface area contributed by atoms with Crippen molar-refractivity contribution in [3.8, 4) is 5.82 Å². The molecule has 0 aliphatic rings. The maximum atomic E-state index is 13.0. The summed E-state index contributed by atoms with van der Waals surface area (Å²) in [5.41, 5.74) is 3.84. The van der Waals surface area contributed by atoms with Gasteiger partial charge in [-0.05, 0) is 55.2 Å². The number of fused-ring (bicyclic) bond motifs is 1. The smallest absolute Gasteiger partial charge is 0.252 e. The van der Waals surface area contributed by atoms with Gasteiger partial charge >= 0.3 is 0 Å². The topological polar surface area (TPSA) is 88.9 Å². The lowest BCUT2D eigenvalue weighted by atomic mass is 10.0. The molecule has 0 radical (unpaired) electrons. The maximum Gasteiger partial charge on any atom is 0.252 e. The highest BCUT2D eigenvalue weighted by Crippen LogP contribution is 2.18. The molecule has 2 aromatic carbocycles. The Morgan fingerprint density at radius 3 is 2.45 bits per heavy atom. The average Bonchev–Trinajstić information content (AvgIpc) is 3.23. The molecule has 1 unspecified atom stereocenters. The normalized spacial score (nSPS) is 12.0. The second-order valence-electron chi connectivity index (χ2n) is 8.47. The molecule has 2 aromatic heterocycles. The number of para-hydroxylation sites is 2. The first-order valence-electron chi connectivity index (χ1n) is 11.0. The number of hydrogen-bond acceptors (Lipinski definition) is 4. The predicted molar refractivity (Wildman–Crippen MR) is 129 cm³/mol. The minimum Gasteiger partial charge on any atom is -0.340 e. The number of aromatic nitrogens is 3. The third kappa shape index (κ3) is 5.09. The first-order valence-corrected chi connectivity index (χ1v) is 11.0. The summed E-state index contributed by atoms with van der Waals surface area (Å²) in [5, 5.41) is 5.78. The zero-order valence-corrected chi connectivity index (χ0v) is 18.9. The van der Waals surface area contributed by atoms with Crippen molar-refractivity contribution in [3.05, 3.63) is 84.3 Å². The van der Waals surface area contributed by atoms with Gasteiger partial charge in [-0.3, -0.25) is 14.2 Å². The van der Waals surface area contributed by atoms with Gasteiger partial charge in [-0.2, -0.15) is 0 Å². The van der Waals surface area contributed by atoms with Gasteiger partial charge in [0.15, 0.2) is 0 Å². The van der Waals surface area contributed by atoms with Crippen LogP contribution in [0, 0.1) is 12.8 Å². The lowest BCUT2D eigenvalue weighted by Crippen LogP contribution is -2.44. The molecule has 0 saturated heterocycles. The molecule has 0 fully saturated rings. The molecular weight excluding hydrogens is 414 g/mol. The van der Waals surface area contributed by atoms with Crippen LogP contribution >= 0.6 is 0 Å². The Kier molecular flexibility index (Phi) is 6.49. The number of amides is 2. The molecule has 4 aromatic rings. The fourth-order valence-corrected chi connectivity index (χ4v) is 3.74. The van der Waals surface area contributed by atoms with Crippen LogP contribution in [0.2, 0.25) is 0 Å². The van der Waals surface area contributed by atoms with E-state index in [-0.39, 0.29) is 17.7 Å². The Hall–Kier alpha value is -4.00. The number of nitrogens with zero attached hydrogens (tertiary/aromatic N) is 3. The molecule has 2 amide bonds. The minimum absolute atomic E-state index is 0.230. The fraction of sp³-hybridized carbons (Fsp3) is 0.231. The number of pyridine rings is 1. The summed E-state index contributed by atoms with van der Waals surface area (Å²) < 4.78 is 1.89. The lowest BCUT2D eigenvalue weighted by molar-refractivity contribution is -0.118. The summed E-state index contributed by atoms with van der Waals surface area (Å²) in [5.74, 6) is 0.406. The lowest BCUT2D eigenvalue weighted by Gasteiger charge is -2.20. The van der Waals surface area contributed by atoms with E-state index in [1.54, 1.807) is 24.7 Å². The number of carbonyl (C=O) groups is 2. The van der Waals surface area contributed by atoms with Crippen LogP contribution in [0.5, 0.6) is 0 Å². The van der Waals surface area contributed by atoms with E-state index in [4.69, 9.17) is 0 Å². The van der Waals surface area contributed by atoms with Crippen molar-refractivity contribution in [1.82, 2.24) is 19.9 Å². The van der Waals surface area contributed by atoms with Crippen LogP contribution in [-0.4, -0.2) is 32.4 Å². The van der Waals surface area contributed by atoms with Gasteiger partial charge in [0.1, 0.15) is 18.2 Å². The quantitative estimate of drug-likeness (QED) is 0.442. The van der Waals surface area contributed by atoms with Crippen LogP contribution in [-0.2, 0) is 4.79 Å². The van der Waals surface area contributed by atoms with Crippen molar-refractivity contribution in [1.29, 1.82) is 0 Å². The van der Waals surface area contributed by atoms with E-state index in [1.807, 2.05) is 73.9 Å². The van der Waals surface area contributed by atoms with Crippen LogP contribution in [0.1, 0.15) is 36.2 Å². The van der Waals surface area contributed by atoms with E-state index < -0.39 is 6.04 Å². The molecule has 0 spiro atoms. The van der Waals surface area contributed by atoms with Crippen LogP contribution < -0.4 is 10.6 Å². The number of aryl methyl sites for hydroxylation is 1. The molecule has 2 heterocycles. The molecule has 33 heavy (non-hydrogen) atoms. The summed E-state index contributed by atoms with van der Waals surface area (Å²) in [4.78, 5) is 34.7. The summed E-state index contributed by atoms with van der Waals surface area (Å²) in [6.07, 6.45) is 3.86. The third-order valence-corrected chi connectivity index (χ3v) is 5.43. The molecule has 2 N–H and O–H groups in total. The Bertz CT molecular complexity index is 1280. The first-order chi connectivity index (χ1) is 15.9. The predicted octanol–water partition coefficient (Wildman–Crippen LogP) is 4.51. The Morgan fingerprint density at radius 1 is 0.970 bits per heavy atom. The van der Waals surface area contributed by atoms with Gasteiger partial charge in [0.05, 0.1) is 22.9 Å². The van der Waals surface area contributed by atoms with E-state index in [2.05, 4.69) is 20.6 Å². The molecule has 0 bridgehead atoms. The van der Waals surface area contributed by atoms with Gasteiger partial charge in [-0.15, -0.1) is 0 Å². The number of benzene rings is 2. The summed E-state index contributed by atoms with van der Waals surface area (Å²) >= 11 is 0. The van der Waals surface area contributed by atoms with Crippen molar-refractivity contribution in [2.75, 3.05) is 5.32 Å². The van der Waals surface area contributed by atoms with Crippen molar-refractivity contribution in [2.45, 2.75) is 33.2 Å². The van der Waals surface area contributed by atoms with E-state index in [0.29, 0.717) is 23.5 Å². The van der Waals surface area contributed by atoms with E-state index in [0.717, 1.165) is 16.6 Å². The number of rotatable bonds is 7. The monoisotopic (exact) mass is 441 g/mol. The average molecular weight is 442 g/mol. The van der Waals surface area contributed by atoms with Gasteiger partial charge in [0.25, 0.3) is 5.91 Å². The molecule has 7 nitrogen and oxygen atoms in total. The number of nitrogens with one attached hydrogen (secondary N) is 2. The molecule has 0 aliphatic heterocycles. The van der Waals surface area contributed by atoms with Gasteiger partial charge < -0.3 is 10.6 Å². The second-order valence-corrected chi connectivity index (χ2v) is 8.47. The summed E-state index contributed by atoms with van der Waals surface area (Å²) in [6, 6.07) is 18.1. The summed E-state index contributed by atoms with van der Waals surface area (Å²) in [7, 11) is 0. The maximum absolute atomic E-state index is 13.0. The van der Waals surface area contributed by atoms with Crippen molar-refractivity contribution < 1.29 is 9.59 Å². The number of hydrogen-bond donors (Lipinski definition) is 2. The van der Waals surface area contributed by atoms with Crippen molar-refractivity contribution in [2.24, 2.45) is 5.92 Å². The summed E-state index contributed by atoms with van der Waals surface area (Å²) in [6.45, 7) is 5.92. The highest BCUT2D eigenvalue weighted by Gasteiger charge is 2.23. The molecule has 168 valence electrons. The van der Waals surface area contributed by atoms with Gasteiger partial charge in [0.2, 0.25) is 5.91 Å². The highest BCUT2D eigenvalue weighted by molar-refractivity contribution is 6.01. The largest absolute Gasteiger partial charge is 0.340 e. The van der Waals surface area contributed by atoms with Crippen LogP contribution in [0.4, 0.5) is 5.69 Å². The van der Waals surface area contributed by atoms with Crippen LogP contribution in [0.15, 0.2) is 73.2 Å². The Balaban J connectivity index is 1.48. The zero-order valence-electron chi connectivity index (χ0n) is 18.9. The van der Waals surface area contributed by atoms with Gasteiger partial charge in [0, 0.05) is 5.56 Å². The van der Waals surface area contributed by atoms with Crippen LogP contribution in [0.3, 0.4) is 0 Å². The van der Waals surface area contributed by atoms with E-state index in [1.165, 1.54) is 0 Å². The molecule has 7 heteroatoms. The molecule has 0 saturated carbocycles. The fourth-order valence-electron chi connectivity index (χ4n) is 3.74. The molecule has 1 atom stereocenters. The molecular formula is C26H27N5O2. The number of imidazole rings is 1. The van der Waals surface area contributed by atoms with Gasteiger partial charge in [-0.1, -0.05) is 44.2 Å². The Morgan fingerprint density at radius 2 is 1.73 bits per heavy atom. The molecule has 4 rings (SSSR count). The van der Waals surface area contributed by atoms with Gasteiger partial charge in [-0.25, -0.2) is 9.97 Å². The van der Waals surface area contributed by atoms with Crippen molar-refractivity contribution in [3.63, 3.8) is 0 Å². The van der Waals surface area contributed by atoms with E-state index in [9.17, 15) is 9.59 Å². The van der Waals surface area contributed by atoms with Crippen LogP contribution in [0.25, 0.3) is 16.9 Å². The minimum atomic E-state index is -0.658.